The molecular formula is C10H12ClF3N2S. The second-order valence-corrected chi connectivity index (χ2v) is 5.19. The summed E-state index contributed by atoms with van der Waals surface area (Å²) >= 11 is 6.98. The van der Waals surface area contributed by atoms with Gasteiger partial charge in [-0.15, -0.1) is 22.9 Å². The highest BCUT2D eigenvalue weighted by atomic mass is 35.5. The van der Waals surface area contributed by atoms with Gasteiger partial charge in [0.05, 0.1) is 17.5 Å². The Morgan fingerprint density at radius 3 is 2.88 bits per heavy atom. The van der Waals surface area contributed by atoms with E-state index in [1.807, 2.05) is 0 Å². The van der Waals surface area contributed by atoms with Gasteiger partial charge in [0.1, 0.15) is 0 Å². The van der Waals surface area contributed by atoms with Gasteiger partial charge >= 0.3 is 6.18 Å². The molecule has 1 aliphatic heterocycles. The number of alkyl halides is 4. The number of thiazole rings is 1. The second kappa shape index (κ2) is 5.02. The first kappa shape index (κ1) is 13.0. The lowest BCUT2D eigenvalue weighted by Crippen LogP contribution is -2.41. The molecule has 0 spiro atoms. The molecule has 1 saturated heterocycles. The molecule has 0 aliphatic carbocycles. The fourth-order valence-corrected chi connectivity index (χ4v) is 3.01. The third kappa shape index (κ3) is 3.04. The summed E-state index contributed by atoms with van der Waals surface area (Å²) in [5, 5.41) is 2.44. The van der Waals surface area contributed by atoms with E-state index in [2.05, 4.69) is 4.98 Å². The molecule has 0 bridgehead atoms. The monoisotopic (exact) mass is 284 g/mol. The summed E-state index contributed by atoms with van der Waals surface area (Å²) in [6.07, 6.45) is -3.33. The summed E-state index contributed by atoms with van der Waals surface area (Å²) in [4.78, 5) is 5.92. The predicted molar refractivity (Wildman–Crippen MR) is 62.7 cm³/mol. The van der Waals surface area contributed by atoms with Gasteiger partial charge in [0, 0.05) is 18.5 Å². The highest BCUT2D eigenvalue weighted by Crippen LogP contribution is 2.35. The van der Waals surface area contributed by atoms with E-state index in [9.17, 15) is 13.2 Å². The van der Waals surface area contributed by atoms with Crippen LogP contribution in [-0.4, -0.2) is 24.2 Å². The zero-order valence-electron chi connectivity index (χ0n) is 9.00. The molecule has 96 valence electrons. The Kier molecular flexibility index (Phi) is 3.82. The van der Waals surface area contributed by atoms with Crippen LogP contribution >= 0.6 is 22.9 Å². The summed E-state index contributed by atoms with van der Waals surface area (Å²) < 4.78 is 37.9. The predicted octanol–water partition coefficient (Wildman–Crippen LogP) is 3.66. The van der Waals surface area contributed by atoms with Crippen molar-refractivity contribution in [2.24, 2.45) is 5.92 Å². The van der Waals surface area contributed by atoms with E-state index in [1.165, 1.54) is 11.3 Å². The van der Waals surface area contributed by atoms with Gasteiger partial charge < -0.3 is 4.90 Å². The maximum Gasteiger partial charge on any atom is 0.393 e. The number of piperidine rings is 1. The van der Waals surface area contributed by atoms with Gasteiger partial charge in [-0.25, -0.2) is 4.98 Å². The molecule has 1 fully saturated rings. The Balaban J connectivity index is 2.06. The first-order chi connectivity index (χ1) is 8.00. The number of hydrogen-bond acceptors (Lipinski definition) is 3. The van der Waals surface area contributed by atoms with Crippen molar-refractivity contribution in [2.75, 3.05) is 18.0 Å². The molecule has 2 rings (SSSR count). The van der Waals surface area contributed by atoms with E-state index >= 15 is 0 Å². The maximum absolute atomic E-state index is 12.6. The number of halogens is 4. The van der Waals surface area contributed by atoms with Crippen LogP contribution in [0.25, 0.3) is 0 Å². The molecule has 0 aromatic carbocycles. The highest BCUT2D eigenvalue weighted by Gasteiger charge is 2.42. The Labute approximate surface area is 106 Å². The first-order valence-corrected chi connectivity index (χ1v) is 6.74. The topological polar surface area (TPSA) is 16.1 Å². The minimum absolute atomic E-state index is 0.0126. The third-order valence-corrected chi connectivity index (χ3v) is 4.06. The molecule has 1 atom stereocenters. The van der Waals surface area contributed by atoms with Gasteiger partial charge in [-0.2, -0.15) is 13.2 Å². The number of rotatable bonds is 2. The Morgan fingerprint density at radius 1 is 1.53 bits per heavy atom. The van der Waals surface area contributed by atoms with Crippen molar-refractivity contribution < 1.29 is 13.2 Å². The van der Waals surface area contributed by atoms with Crippen molar-refractivity contribution in [3.8, 4) is 0 Å². The molecule has 1 aliphatic rings. The van der Waals surface area contributed by atoms with Crippen LogP contribution < -0.4 is 4.90 Å². The SMILES string of the molecule is FC(F)(F)C1CCCN(c2nc(CCl)cs2)C1. The molecule has 0 radical (unpaired) electrons. The minimum Gasteiger partial charge on any atom is -0.347 e. The van der Waals surface area contributed by atoms with Crippen molar-refractivity contribution in [1.29, 1.82) is 0 Å². The van der Waals surface area contributed by atoms with E-state index in [4.69, 9.17) is 11.6 Å². The van der Waals surface area contributed by atoms with Crippen molar-refractivity contribution in [1.82, 2.24) is 4.98 Å². The van der Waals surface area contributed by atoms with Crippen molar-refractivity contribution in [3.05, 3.63) is 11.1 Å². The van der Waals surface area contributed by atoms with Gasteiger partial charge in [0.2, 0.25) is 0 Å². The zero-order valence-corrected chi connectivity index (χ0v) is 10.6. The molecule has 2 nitrogen and oxygen atoms in total. The maximum atomic E-state index is 12.6. The van der Waals surface area contributed by atoms with Gasteiger partial charge in [0.25, 0.3) is 0 Å². The smallest absolute Gasteiger partial charge is 0.347 e. The lowest BCUT2D eigenvalue weighted by atomic mass is 9.98. The summed E-state index contributed by atoms with van der Waals surface area (Å²) in [6, 6.07) is 0. The highest BCUT2D eigenvalue weighted by molar-refractivity contribution is 7.13. The minimum atomic E-state index is -4.11. The van der Waals surface area contributed by atoms with E-state index in [0.717, 1.165) is 5.69 Å². The van der Waals surface area contributed by atoms with Gasteiger partial charge in [-0.05, 0) is 12.8 Å². The molecule has 17 heavy (non-hydrogen) atoms. The van der Waals surface area contributed by atoms with Crippen LogP contribution in [0.15, 0.2) is 5.38 Å². The van der Waals surface area contributed by atoms with Crippen LogP contribution in [0.3, 0.4) is 0 Å². The molecule has 0 saturated carbocycles. The average Bonchev–Trinajstić information content (AvgIpc) is 2.76. The fourth-order valence-electron chi connectivity index (χ4n) is 1.92. The molecule has 7 heteroatoms. The molecular weight excluding hydrogens is 273 g/mol. The Bertz CT molecular complexity index is 380. The second-order valence-electron chi connectivity index (χ2n) is 4.08. The number of anilines is 1. The van der Waals surface area contributed by atoms with Crippen LogP contribution in [0.4, 0.5) is 18.3 Å². The van der Waals surface area contributed by atoms with E-state index < -0.39 is 12.1 Å². The van der Waals surface area contributed by atoms with Gasteiger partial charge in [0.15, 0.2) is 5.13 Å². The van der Waals surface area contributed by atoms with E-state index in [1.54, 1.807) is 10.3 Å². The fraction of sp³-hybridized carbons (Fsp3) is 0.700. The van der Waals surface area contributed by atoms with E-state index in [-0.39, 0.29) is 13.0 Å². The summed E-state index contributed by atoms with van der Waals surface area (Å²) in [6.45, 7) is 0.653. The Hall–Kier alpha value is -0.490. The van der Waals surface area contributed by atoms with Gasteiger partial charge in [-0.3, -0.25) is 0 Å². The molecule has 1 aromatic rings. The van der Waals surface area contributed by atoms with E-state index in [0.29, 0.717) is 24.0 Å². The van der Waals surface area contributed by atoms with Crippen LogP contribution in [0, 0.1) is 5.92 Å². The van der Waals surface area contributed by atoms with Crippen LogP contribution in [0.1, 0.15) is 18.5 Å². The summed E-state index contributed by atoms with van der Waals surface area (Å²) in [7, 11) is 0. The molecule has 2 heterocycles. The Morgan fingerprint density at radius 2 is 2.29 bits per heavy atom. The van der Waals surface area contributed by atoms with Crippen molar-refractivity contribution >= 4 is 28.1 Å². The first-order valence-electron chi connectivity index (χ1n) is 5.32. The standard InChI is InChI=1S/C10H12ClF3N2S/c11-4-8-6-17-9(15-8)16-3-1-2-7(5-16)10(12,13)14/h6-7H,1-5H2. The van der Waals surface area contributed by atoms with Crippen LogP contribution in [0.5, 0.6) is 0 Å². The normalized spacial score (nSPS) is 21.9. The van der Waals surface area contributed by atoms with Crippen LogP contribution in [-0.2, 0) is 5.88 Å². The lowest BCUT2D eigenvalue weighted by Gasteiger charge is -2.33. The summed E-state index contributed by atoms with van der Waals surface area (Å²) in [5.41, 5.74) is 0.723. The largest absolute Gasteiger partial charge is 0.393 e. The molecule has 1 unspecified atom stereocenters. The number of aromatic nitrogens is 1. The zero-order chi connectivity index (χ0) is 12.5. The van der Waals surface area contributed by atoms with Crippen LogP contribution in [0.2, 0.25) is 0 Å². The lowest BCUT2D eigenvalue weighted by molar-refractivity contribution is -0.175. The molecule has 0 amide bonds. The molecule has 0 N–H and O–H groups in total. The molecule has 1 aromatic heterocycles. The average molecular weight is 285 g/mol. The van der Waals surface area contributed by atoms with Gasteiger partial charge in [-0.1, -0.05) is 0 Å². The number of hydrogen-bond donors (Lipinski definition) is 0. The summed E-state index contributed by atoms with van der Waals surface area (Å²) in [5.74, 6) is -0.938. The number of nitrogens with zero attached hydrogens (tertiary/aromatic N) is 2. The third-order valence-electron chi connectivity index (χ3n) is 2.83. The quantitative estimate of drug-likeness (QED) is 0.771. The van der Waals surface area contributed by atoms with Crippen molar-refractivity contribution in [2.45, 2.75) is 24.9 Å². The van der Waals surface area contributed by atoms with Crippen molar-refractivity contribution in [3.63, 3.8) is 0 Å².